The first kappa shape index (κ1) is 12.9. The van der Waals surface area contributed by atoms with Crippen molar-refractivity contribution in [3.05, 3.63) is 11.3 Å². The summed E-state index contributed by atoms with van der Waals surface area (Å²) in [5, 5.41) is 16.5. The molecule has 0 radical (unpaired) electrons. The van der Waals surface area contributed by atoms with Crippen molar-refractivity contribution >= 4 is 11.8 Å². The van der Waals surface area contributed by atoms with E-state index >= 15 is 0 Å². The summed E-state index contributed by atoms with van der Waals surface area (Å²) in [5.74, 6) is 0.0415. The normalized spacial score (nSPS) is 23.3. The van der Waals surface area contributed by atoms with Gasteiger partial charge in [0.15, 0.2) is 0 Å². The second-order valence-electron chi connectivity index (χ2n) is 4.74. The molecular formula is C12H19N3O3. The first-order chi connectivity index (χ1) is 8.50. The molecule has 2 unspecified atom stereocenters. The average molecular weight is 253 g/mol. The molecule has 0 spiro atoms. The molecule has 0 amide bonds. The minimum absolute atomic E-state index is 0.222. The third-order valence-corrected chi connectivity index (χ3v) is 3.50. The number of hydrogen-bond acceptors (Lipinski definition) is 4. The predicted octanol–water partition coefficient (Wildman–Crippen LogP) is 1.26. The predicted molar refractivity (Wildman–Crippen MR) is 66.9 cm³/mol. The molecule has 1 aliphatic heterocycles. The first-order valence-corrected chi connectivity index (χ1v) is 6.13. The van der Waals surface area contributed by atoms with Gasteiger partial charge in [0.05, 0.1) is 11.8 Å². The Kier molecular flexibility index (Phi) is 3.56. The molecular weight excluding hydrogens is 234 g/mol. The molecule has 18 heavy (non-hydrogen) atoms. The molecule has 6 nitrogen and oxygen atoms in total. The topological polar surface area (TPSA) is 76.4 Å². The lowest BCUT2D eigenvalue weighted by Crippen LogP contribution is -2.22. The van der Waals surface area contributed by atoms with E-state index in [1.807, 2.05) is 6.92 Å². The van der Waals surface area contributed by atoms with Gasteiger partial charge in [0.1, 0.15) is 11.4 Å². The second-order valence-corrected chi connectivity index (χ2v) is 4.74. The number of nitrogens with zero attached hydrogens (tertiary/aromatic N) is 2. The van der Waals surface area contributed by atoms with Crippen LogP contribution in [0, 0.1) is 12.8 Å². The number of hydrogen-bond donors (Lipinski definition) is 2. The van der Waals surface area contributed by atoms with Crippen molar-refractivity contribution in [1.29, 1.82) is 0 Å². The van der Waals surface area contributed by atoms with Gasteiger partial charge in [-0.15, -0.1) is 0 Å². The maximum absolute atomic E-state index is 11.2. The highest BCUT2D eigenvalue weighted by molar-refractivity contribution is 5.94. The third kappa shape index (κ3) is 2.33. The Morgan fingerprint density at radius 1 is 1.67 bits per heavy atom. The number of aromatic nitrogens is 2. The first-order valence-electron chi connectivity index (χ1n) is 6.13. The standard InChI is InChI=1S/C12H19N3O3/c1-7-10(12(16)17)11(15(3)14-7)13-6-9-4-5-18-8(9)2/h8-9,13H,4-6H2,1-3H3,(H,16,17). The summed E-state index contributed by atoms with van der Waals surface area (Å²) in [5.41, 5.74) is 0.785. The van der Waals surface area contributed by atoms with Gasteiger partial charge in [-0.2, -0.15) is 5.10 Å². The van der Waals surface area contributed by atoms with Crippen molar-refractivity contribution in [2.24, 2.45) is 13.0 Å². The minimum atomic E-state index is -0.946. The maximum Gasteiger partial charge on any atom is 0.341 e. The summed E-state index contributed by atoms with van der Waals surface area (Å²) in [4.78, 5) is 11.2. The van der Waals surface area contributed by atoms with E-state index in [9.17, 15) is 9.90 Å². The van der Waals surface area contributed by atoms with Crippen LogP contribution >= 0.6 is 0 Å². The molecule has 2 heterocycles. The van der Waals surface area contributed by atoms with Crippen LogP contribution in [0.3, 0.4) is 0 Å². The van der Waals surface area contributed by atoms with Crippen molar-refractivity contribution in [2.75, 3.05) is 18.5 Å². The monoisotopic (exact) mass is 253 g/mol. The summed E-state index contributed by atoms with van der Waals surface area (Å²) in [6, 6.07) is 0. The summed E-state index contributed by atoms with van der Waals surface area (Å²) >= 11 is 0. The molecule has 1 saturated heterocycles. The van der Waals surface area contributed by atoms with E-state index in [0.717, 1.165) is 13.0 Å². The summed E-state index contributed by atoms with van der Waals surface area (Å²) < 4.78 is 7.07. The molecule has 100 valence electrons. The van der Waals surface area contributed by atoms with Crippen LogP contribution in [-0.4, -0.2) is 40.1 Å². The molecule has 2 rings (SSSR count). The van der Waals surface area contributed by atoms with Crippen LogP contribution in [0.4, 0.5) is 5.82 Å². The number of aryl methyl sites for hydroxylation is 2. The van der Waals surface area contributed by atoms with Crippen LogP contribution in [0.15, 0.2) is 0 Å². The highest BCUT2D eigenvalue weighted by atomic mass is 16.5. The van der Waals surface area contributed by atoms with Crippen LogP contribution in [0.5, 0.6) is 0 Å². The van der Waals surface area contributed by atoms with Gasteiger partial charge in [-0.1, -0.05) is 0 Å². The quantitative estimate of drug-likeness (QED) is 0.845. The molecule has 2 N–H and O–H groups in total. The zero-order valence-corrected chi connectivity index (χ0v) is 10.9. The van der Waals surface area contributed by atoms with E-state index in [4.69, 9.17) is 4.74 Å². The zero-order valence-electron chi connectivity index (χ0n) is 10.9. The molecule has 2 atom stereocenters. The van der Waals surface area contributed by atoms with Crippen molar-refractivity contribution in [1.82, 2.24) is 9.78 Å². The number of ether oxygens (including phenoxy) is 1. The Labute approximate surface area is 106 Å². The molecule has 1 aliphatic rings. The molecule has 0 aromatic carbocycles. The third-order valence-electron chi connectivity index (χ3n) is 3.50. The number of rotatable bonds is 4. The maximum atomic E-state index is 11.2. The summed E-state index contributed by atoms with van der Waals surface area (Å²) in [6.07, 6.45) is 1.23. The van der Waals surface area contributed by atoms with Gasteiger partial charge >= 0.3 is 5.97 Å². The summed E-state index contributed by atoms with van der Waals surface area (Å²) in [6.45, 7) is 5.24. The fraction of sp³-hybridized carbons (Fsp3) is 0.667. The van der Waals surface area contributed by atoms with Crippen LogP contribution in [-0.2, 0) is 11.8 Å². The van der Waals surface area contributed by atoms with E-state index < -0.39 is 5.97 Å². The van der Waals surface area contributed by atoms with Crippen LogP contribution in [0.25, 0.3) is 0 Å². The van der Waals surface area contributed by atoms with Gasteiger partial charge in [-0.3, -0.25) is 4.68 Å². The lowest BCUT2D eigenvalue weighted by Gasteiger charge is -2.16. The summed E-state index contributed by atoms with van der Waals surface area (Å²) in [7, 11) is 1.75. The lowest BCUT2D eigenvalue weighted by atomic mass is 10.0. The van der Waals surface area contributed by atoms with Crippen molar-refractivity contribution in [3.8, 4) is 0 Å². The van der Waals surface area contributed by atoms with Crippen LogP contribution in [0.1, 0.15) is 29.4 Å². The van der Waals surface area contributed by atoms with Gasteiger partial charge < -0.3 is 15.2 Å². The minimum Gasteiger partial charge on any atom is -0.477 e. The Morgan fingerprint density at radius 3 is 2.94 bits per heavy atom. The van der Waals surface area contributed by atoms with E-state index in [-0.39, 0.29) is 11.7 Å². The van der Waals surface area contributed by atoms with Gasteiger partial charge in [-0.05, 0) is 20.3 Å². The number of carboxylic acid groups (broad SMARTS) is 1. The smallest absolute Gasteiger partial charge is 0.341 e. The van der Waals surface area contributed by atoms with Gasteiger partial charge in [-0.25, -0.2) is 4.79 Å². The van der Waals surface area contributed by atoms with Crippen LogP contribution in [0.2, 0.25) is 0 Å². The number of aromatic carboxylic acids is 1. The Bertz CT molecular complexity index is 456. The van der Waals surface area contributed by atoms with E-state index in [1.165, 1.54) is 0 Å². The SMILES string of the molecule is Cc1nn(C)c(NCC2CCOC2C)c1C(=O)O. The molecule has 6 heteroatoms. The molecule has 0 saturated carbocycles. The zero-order chi connectivity index (χ0) is 13.3. The largest absolute Gasteiger partial charge is 0.477 e. The fourth-order valence-corrected chi connectivity index (χ4v) is 2.39. The van der Waals surface area contributed by atoms with Gasteiger partial charge in [0.25, 0.3) is 0 Å². The second kappa shape index (κ2) is 4.97. The van der Waals surface area contributed by atoms with E-state index in [0.29, 0.717) is 24.0 Å². The van der Waals surface area contributed by atoms with E-state index in [1.54, 1.807) is 18.7 Å². The number of carbonyl (C=O) groups is 1. The lowest BCUT2D eigenvalue weighted by molar-refractivity contribution is 0.0697. The van der Waals surface area contributed by atoms with Gasteiger partial charge in [0, 0.05) is 26.1 Å². The van der Waals surface area contributed by atoms with Gasteiger partial charge in [0.2, 0.25) is 0 Å². The highest BCUT2D eigenvalue weighted by Crippen LogP contribution is 2.23. The molecule has 1 aromatic heterocycles. The number of carboxylic acids is 1. The fourth-order valence-electron chi connectivity index (χ4n) is 2.39. The Hall–Kier alpha value is -1.56. The molecule has 0 bridgehead atoms. The average Bonchev–Trinajstić information content (AvgIpc) is 2.79. The Balaban J connectivity index is 2.11. The molecule has 1 fully saturated rings. The van der Waals surface area contributed by atoms with Crippen LogP contribution < -0.4 is 5.32 Å². The molecule has 1 aromatic rings. The highest BCUT2D eigenvalue weighted by Gasteiger charge is 2.26. The number of anilines is 1. The van der Waals surface area contributed by atoms with Crippen molar-refractivity contribution in [3.63, 3.8) is 0 Å². The number of nitrogens with one attached hydrogen (secondary N) is 1. The Morgan fingerprint density at radius 2 is 2.39 bits per heavy atom. The molecule has 0 aliphatic carbocycles. The van der Waals surface area contributed by atoms with E-state index in [2.05, 4.69) is 10.4 Å². The van der Waals surface area contributed by atoms with Crippen molar-refractivity contribution in [2.45, 2.75) is 26.4 Å². The van der Waals surface area contributed by atoms with Crippen molar-refractivity contribution < 1.29 is 14.6 Å².